The smallest absolute Gasteiger partial charge is 0.153 e. The largest absolute Gasteiger partial charge is 0.496 e. The Labute approximate surface area is 149 Å². The standard InChI is InChI=1S/C21H25NO3/c1-21(2)16-22(24-15-17-9-5-4-6-10-17)20(25-21)14-13-18-11-7-8-12-19(18)23-3/h4-14,20H,15-16H2,1-3H3. The Morgan fingerprint density at radius 3 is 2.60 bits per heavy atom. The first-order valence-electron chi connectivity index (χ1n) is 8.50. The first-order valence-corrected chi connectivity index (χ1v) is 8.50. The lowest BCUT2D eigenvalue weighted by Crippen LogP contribution is -2.30. The van der Waals surface area contributed by atoms with Crippen molar-refractivity contribution < 1.29 is 14.3 Å². The van der Waals surface area contributed by atoms with Crippen LogP contribution >= 0.6 is 0 Å². The molecule has 0 saturated carbocycles. The molecule has 4 heteroatoms. The predicted molar refractivity (Wildman–Crippen MR) is 98.9 cm³/mol. The van der Waals surface area contributed by atoms with E-state index in [1.54, 1.807) is 7.11 Å². The minimum atomic E-state index is -0.257. The van der Waals surface area contributed by atoms with Crippen LogP contribution in [0.2, 0.25) is 0 Å². The van der Waals surface area contributed by atoms with Crippen LogP contribution < -0.4 is 4.74 Å². The number of benzene rings is 2. The zero-order valence-corrected chi connectivity index (χ0v) is 15.0. The molecule has 3 rings (SSSR count). The summed E-state index contributed by atoms with van der Waals surface area (Å²) in [5.74, 6) is 0.841. The fourth-order valence-electron chi connectivity index (χ4n) is 2.86. The normalized spacial score (nSPS) is 20.2. The maximum atomic E-state index is 6.12. The molecule has 4 nitrogen and oxygen atoms in total. The van der Waals surface area contributed by atoms with Crippen LogP contribution in [0.5, 0.6) is 5.75 Å². The lowest BCUT2D eigenvalue weighted by atomic mass is 10.1. The van der Waals surface area contributed by atoms with Crippen LogP contribution in [0.25, 0.3) is 6.08 Å². The molecule has 0 radical (unpaired) electrons. The Balaban J connectivity index is 1.70. The maximum absolute atomic E-state index is 6.12. The van der Waals surface area contributed by atoms with Gasteiger partial charge in [0.15, 0.2) is 6.23 Å². The molecule has 0 N–H and O–H groups in total. The molecule has 1 heterocycles. The van der Waals surface area contributed by atoms with Gasteiger partial charge in [0.25, 0.3) is 0 Å². The van der Waals surface area contributed by atoms with Gasteiger partial charge in [0.1, 0.15) is 5.75 Å². The van der Waals surface area contributed by atoms with E-state index in [1.165, 1.54) is 0 Å². The van der Waals surface area contributed by atoms with E-state index >= 15 is 0 Å². The zero-order valence-electron chi connectivity index (χ0n) is 15.0. The fourth-order valence-corrected chi connectivity index (χ4v) is 2.86. The van der Waals surface area contributed by atoms with Crippen molar-refractivity contribution in [3.63, 3.8) is 0 Å². The van der Waals surface area contributed by atoms with E-state index in [0.29, 0.717) is 13.2 Å². The fraction of sp³-hybridized carbons (Fsp3) is 0.333. The highest BCUT2D eigenvalue weighted by Crippen LogP contribution is 2.28. The Morgan fingerprint density at radius 1 is 1.12 bits per heavy atom. The van der Waals surface area contributed by atoms with Gasteiger partial charge in [-0.05, 0) is 31.6 Å². The van der Waals surface area contributed by atoms with Gasteiger partial charge in [0, 0.05) is 5.56 Å². The molecular weight excluding hydrogens is 314 g/mol. The van der Waals surface area contributed by atoms with E-state index in [0.717, 1.165) is 16.9 Å². The van der Waals surface area contributed by atoms with Gasteiger partial charge in [-0.15, -0.1) is 0 Å². The second-order valence-corrected chi connectivity index (χ2v) is 6.70. The Bertz CT molecular complexity index is 712. The molecule has 0 spiro atoms. The van der Waals surface area contributed by atoms with Crippen LogP contribution in [0, 0.1) is 0 Å². The van der Waals surface area contributed by atoms with Crippen molar-refractivity contribution in [1.82, 2.24) is 5.06 Å². The number of rotatable bonds is 6. The molecule has 2 aromatic carbocycles. The summed E-state index contributed by atoms with van der Waals surface area (Å²) in [5.41, 5.74) is 1.90. The van der Waals surface area contributed by atoms with Crippen molar-refractivity contribution in [3.05, 3.63) is 71.8 Å². The third-order valence-electron chi connectivity index (χ3n) is 4.08. The van der Waals surface area contributed by atoms with Crippen LogP contribution in [0.15, 0.2) is 60.7 Å². The highest BCUT2D eigenvalue weighted by molar-refractivity contribution is 5.57. The third-order valence-corrected chi connectivity index (χ3v) is 4.08. The summed E-state index contributed by atoms with van der Waals surface area (Å²) in [6.07, 6.45) is 3.80. The van der Waals surface area contributed by atoms with Gasteiger partial charge >= 0.3 is 0 Å². The molecule has 25 heavy (non-hydrogen) atoms. The number of hydroxylamine groups is 2. The van der Waals surface area contributed by atoms with Gasteiger partial charge in [0.2, 0.25) is 0 Å². The molecule has 1 saturated heterocycles. The number of hydrogen-bond donors (Lipinski definition) is 0. The monoisotopic (exact) mass is 339 g/mol. The lowest BCUT2D eigenvalue weighted by Gasteiger charge is -2.19. The summed E-state index contributed by atoms with van der Waals surface area (Å²) in [5, 5.41) is 1.90. The number of hydrogen-bond acceptors (Lipinski definition) is 4. The van der Waals surface area contributed by atoms with Gasteiger partial charge in [0.05, 0.1) is 25.9 Å². The molecule has 0 amide bonds. The van der Waals surface area contributed by atoms with Crippen LogP contribution in [-0.4, -0.2) is 30.5 Å². The van der Waals surface area contributed by atoms with Gasteiger partial charge < -0.3 is 9.47 Å². The van der Waals surface area contributed by atoms with E-state index in [4.69, 9.17) is 14.3 Å². The zero-order chi connectivity index (χ0) is 17.7. The summed E-state index contributed by atoms with van der Waals surface area (Å²) < 4.78 is 11.5. The van der Waals surface area contributed by atoms with Gasteiger partial charge in [-0.25, -0.2) is 0 Å². The SMILES string of the molecule is COc1ccccc1C=CC1OC(C)(C)CN1OCc1ccccc1. The Morgan fingerprint density at radius 2 is 1.84 bits per heavy atom. The minimum absolute atomic E-state index is 0.233. The third kappa shape index (κ3) is 4.69. The first-order chi connectivity index (χ1) is 12.1. The topological polar surface area (TPSA) is 30.9 Å². The Kier molecular flexibility index (Phi) is 5.53. The second-order valence-electron chi connectivity index (χ2n) is 6.70. The molecule has 0 aliphatic carbocycles. The van der Waals surface area contributed by atoms with Gasteiger partial charge in [-0.2, -0.15) is 5.06 Å². The summed E-state index contributed by atoms with van der Waals surface area (Å²) in [6.45, 7) is 5.38. The molecule has 1 atom stereocenters. The van der Waals surface area contributed by atoms with E-state index in [2.05, 4.69) is 26.0 Å². The van der Waals surface area contributed by atoms with E-state index in [-0.39, 0.29) is 11.8 Å². The van der Waals surface area contributed by atoms with Crippen molar-refractivity contribution in [2.75, 3.05) is 13.7 Å². The summed E-state index contributed by atoms with van der Waals surface area (Å²) in [4.78, 5) is 6.01. The quantitative estimate of drug-likeness (QED) is 0.786. The van der Waals surface area contributed by atoms with Crippen molar-refractivity contribution >= 4 is 6.08 Å². The molecule has 0 aromatic heterocycles. The number of ether oxygens (including phenoxy) is 2. The average molecular weight is 339 g/mol. The number of nitrogens with zero attached hydrogens (tertiary/aromatic N) is 1. The lowest BCUT2D eigenvalue weighted by molar-refractivity contribution is -0.198. The summed E-state index contributed by atoms with van der Waals surface area (Å²) in [7, 11) is 1.68. The van der Waals surface area contributed by atoms with E-state index in [9.17, 15) is 0 Å². The van der Waals surface area contributed by atoms with Crippen molar-refractivity contribution in [2.24, 2.45) is 0 Å². The molecule has 2 aromatic rings. The van der Waals surface area contributed by atoms with Crippen LogP contribution in [0.3, 0.4) is 0 Å². The molecule has 1 fully saturated rings. The molecular formula is C21H25NO3. The number of para-hydroxylation sites is 1. The van der Waals surface area contributed by atoms with Crippen molar-refractivity contribution in [2.45, 2.75) is 32.3 Å². The molecule has 1 aliphatic rings. The molecule has 1 unspecified atom stereocenters. The van der Waals surface area contributed by atoms with Crippen molar-refractivity contribution in [3.8, 4) is 5.75 Å². The molecule has 1 aliphatic heterocycles. The molecule has 132 valence electrons. The van der Waals surface area contributed by atoms with Gasteiger partial charge in [-0.3, -0.25) is 4.84 Å². The van der Waals surface area contributed by atoms with Crippen LogP contribution in [0.1, 0.15) is 25.0 Å². The predicted octanol–water partition coefficient (Wildman–Crippen LogP) is 4.28. The van der Waals surface area contributed by atoms with E-state index < -0.39 is 0 Å². The highest BCUT2D eigenvalue weighted by atomic mass is 16.7. The number of methoxy groups -OCH3 is 1. The average Bonchev–Trinajstić information content (AvgIpc) is 2.93. The summed E-state index contributed by atoms with van der Waals surface area (Å²) in [6, 6.07) is 18.1. The second kappa shape index (κ2) is 7.83. The Hall–Kier alpha value is -2.14. The van der Waals surface area contributed by atoms with Crippen LogP contribution in [-0.2, 0) is 16.2 Å². The maximum Gasteiger partial charge on any atom is 0.153 e. The first kappa shape index (κ1) is 17.7. The van der Waals surface area contributed by atoms with Crippen molar-refractivity contribution in [1.29, 1.82) is 0 Å². The van der Waals surface area contributed by atoms with Gasteiger partial charge in [-0.1, -0.05) is 54.6 Å². The highest BCUT2D eigenvalue weighted by Gasteiger charge is 2.38. The van der Waals surface area contributed by atoms with E-state index in [1.807, 2.05) is 59.7 Å². The minimum Gasteiger partial charge on any atom is -0.496 e. The van der Waals surface area contributed by atoms with Crippen LogP contribution in [0.4, 0.5) is 0 Å². The molecule has 0 bridgehead atoms. The summed E-state index contributed by atoms with van der Waals surface area (Å²) >= 11 is 0.